The fraction of sp³-hybridized carbons (Fsp3) is 0.833. The second kappa shape index (κ2) is 11.1. The van der Waals surface area contributed by atoms with Gasteiger partial charge in [0.25, 0.3) is 12.3 Å². The molecule has 0 unspecified atom stereocenters. The summed E-state index contributed by atoms with van der Waals surface area (Å²) in [6.45, 7) is 8.47. The zero-order chi connectivity index (χ0) is 15.4. The molecular formula is C12H24O6SSi. The van der Waals surface area contributed by atoms with Crippen LogP contribution < -0.4 is 0 Å². The summed E-state index contributed by atoms with van der Waals surface area (Å²) in [6, 6.07) is 0.846. The van der Waals surface area contributed by atoms with Gasteiger partial charge in [0.2, 0.25) is 0 Å². The van der Waals surface area contributed by atoms with Gasteiger partial charge in [0.1, 0.15) is 0 Å². The summed E-state index contributed by atoms with van der Waals surface area (Å²) in [6.07, 6.45) is 1.83. The monoisotopic (exact) mass is 324 g/mol. The van der Waals surface area contributed by atoms with E-state index in [1.807, 2.05) is 20.4 Å². The molecule has 0 amide bonds. The van der Waals surface area contributed by atoms with E-state index in [4.69, 9.17) is 8.85 Å². The smallest absolute Gasteiger partial charge is 0.334 e. The minimum absolute atomic E-state index is 0.289. The lowest BCUT2D eigenvalue weighted by atomic mass is 10.2. The first-order valence-corrected chi connectivity index (χ1v) is 9.95. The van der Waals surface area contributed by atoms with E-state index in [1.54, 1.807) is 0 Å². The fourth-order valence-electron chi connectivity index (χ4n) is 1.66. The molecule has 0 saturated carbocycles. The third kappa shape index (κ3) is 10.2. The summed E-state index contributed by atoms with van der Waals surface area (Å²) in [5, 5.41) is 0. The van der Waals surface area contributed by atoms with E-state index >= 15 is 0 Å². The Balaban J connectivity index is 3.76. The van der Waals surface area contributed by atoms with Crippen molar-refractivity contribution in [3.05, 3.63) is 0 Å². The average molecular weight is 324 g/mol. The molecule has 0 aliphatic heterocycles. The Morgan fingerprint density at radius 1 is 1.05 bits per heavy atom. The van der Waals surface area contributed by atoms with Gasteiger partial charge >= 0.3 is 20.5 Å². The van der Waals surface area contributed by atoms with E-state index < -0.39 is 20.5 Å². The van der Waals surface area contributed by atoms with E-state index in [2.05, 4.69) is 8.37 Å². The molecule has 0 rings (SSSR count). The van der Waals surface area contributed by atoms with Crippen LogP contribution in [0.3, 0.4) is 0 Å². The molecule has 0 aromatic carbocycles. The molecule has 20 heavy (non-hydrogen) atoms. The van der Waals surface area contributed by atoms with Crippen molar-refractivity contribution >= 4 is 32.8 Å². The topological polar surface area (TPSA) is 71.1 Å². The second-order valence-corrected chi connectivity index (χ2v) is 8.12. The zero-order valence-corrected chi connectivity index (χ0v) is 14.4. The van der Waals surface area contributed by atoms with E-state index in [-0.39, 0.29) is 6.42 Å². The lowest BCUT2D eigenvalue weighted by molar-refractivity contribution is -0.135. The number of rotatable bonds is 11. The van der Waals surface area contributed by atoms with Gasteiger partial charge in [0.05, 0.1) is 0 Å². The third-order valence-corrected chi connectivity index (χ3v) is 6.06. The van der Waals surface area contributed by atoms with Crippen molar-refractivity contribution in [2.24, 2.45) is 0 Å². The van der Waals surface area contributed by atoms with E-state index in [1.165, 1.54) is 6.92 Å². The van der Waals surface area contributed by atoms with Crippen LogP contribution in [0.25, 0.3) is 0 Å². The summed E-state index contributed by atoms with van der Waals surface area (Å²) in [4.78, 5) is 21.8. The van der Waals surface area contributed by atoms with Gasteiger partial charge in [-0.1, -0.05) is 6.42 Å². The van der Waals surface area contributed by atoms with Crippen molar-refractivity contribution in [3.8, 4) is 0 Å². The molecule has 0 aromatic rings. The maximum Gasteiger partial charge on any atom is 0.334 e. The summed E-state index contributed by atoms with van der Waals surface area (Å²) in [7, 11) is -2.09. The Morgan fingerprint density at radius 3 is 2.15 bits per heavy atom. The molecule has 118 valence electrons. The molecule has 0 N–H and O–H groups in total. The first-order chi connectivity index (χ1) is 9.43. The second-order valence-electron chi connectivity index (χ2n) is 4.31. The number of hydrogen-bond donors (Lipinski definition) is 0. The van der Waals surface area contributed by atoms with Gasteiger partial charge < -0.3 is 17.2 Å². The minimum atomic E-state index is -2.09. The molecule has 0 spiro atoms. The average Bonchev–Trinajstić information content (AvgIpc) is 2.35. The Labute approximate surface area is 126 Å². The molecule has 0 radical (unpaired) electrons. The Hall–Kier alpha value is -0.573. The summed E-state index contributed by atoms with van der Waals surface area (Å²) in [5.41, 5.74) is 0. The van der Waals surface area contributed by atoms with Crippen molar-refractivity contribution in [2.45, 2.75) is 52.6 Å². The molecule has 0 aliphatic carbocycles. The molecule has 0 atom stereocenters. The number of carbonyl (C=O) groups excluding carboxylic acids is 2. The van der Waals surface area contributed by atoms with E-state index in [0.29, 0.717) is 32.0 Å². The van der Waals surface area contributed by atoms with Crippen LogP contribution >= 0.6 is 12.3 Å². The first-order valence-electron chi connectivity index (χ1n) is 6.76. The molecule has 6 nitrogen and oxygen atoms in total. The maximum atomic E-state index is 11.3. The quantitative estimate of drug-likeness (QED) is 0.329. The van der Waals surface area contributed by atoms with Crippen LogP contribution in [0.15, 0.2) is 0 Å². The number of hydrogen-bond acceptors (Lipinski definition) is 7. The van der Waals surface area contributed by atoms with Crippen molar-refractivity contribution in [2.75, 3.05) is 13.2 Å². The van der Waals surface area contributed by atoms with Gasteiger partial charge in [-0.2, -0.15) is 0 Å². The van der Waals surface area contributed by atoms with Crippen LogP contribution in [-0.4, -0.2) is 33.7 Å². The Kier molecular flexibility index (Phi) is 10.8. The predicted octanol–water partition coefficient (Wildman–Crippen LogP) is 2.97. The lowest BCUT2D eigenvalue weighted by Crippen LogP contribution is -2.38. The van der Waals surface area contributed by atoms with Crippen molar-refractivity contribution in [3.63, 3.8) is 0 Å². The fourth-order valence-corrected chi connectivity index (χ4v) is 4.43. The SMILES string of the molecule is CCO[Si](C)(CCCCC(=O)OSOC(C)=O)OCC. The highest BCUT2D eigenvalue weighted by Gasteiger charge is 2.29. The molecular weight excluding hydrogens is 300 g/mol. The van der Waals surface area contributed by atoms with Crippen molar-refractivity contribution in [1.29, 1.82) is 0 Å². The molecule has 0 aliphatic rings. The molecule has 0 bridgehead atoms. The number of unbranched alkanes of at least 4 members (excludes halogenated alkanes) is 1. The van der Waals surface area contributed by atoms with Gasteiger partial charge in [-0.25, -0.2) is 0 Å². The summed E-state index contributed by atoms with van der Waals surface area (Å²) >= 11 is 0.410. The van der Waals surface area contributed by atoms with Crippen LogP contribution in [0.5, 0.6) is 0 Å². The van der Waals surface area contributed by atoms with E-state index in [9.17, 15) is 9.59 Å². The highest BCUT2D eigenvalue weighted by atomic mass is 32.2. The van der Waals surface area contributed by atoms with Gasteiger partial charge in [0, 0.05) is 26.6 Å². The van der Waals surface area contributed by atoms with Crippen molar-refractivity contribution < 1.29 is 26.8 Å². The first kappa shape index (κ1) is 19.4. The normalized spacial score (nSPS) is 11.2. The number of carbonyl (C=O) groups is 2. The van der Waals surface area contributed by atoms with Gasteiger partial charge in [0.15, 0.2) is 0 Å². The molecule has 0 heterocycles. The molecule has 8 heteroatoms. The van der Waals surface area contributed by atoms with Gasteiger partial charge in [-0.05, 0) is 32.9 Å². The Bertz CT molecular complexity index is 294. The third-order valence-electron chi connectivity index (χ3n) is 2.44. The predicted molar refractivity (Wildman–Crippen MR) is 79.0 cm³/mol. The Morgan fingerprint density at radius 2 is 1.65 bits per heavy atom. The lowest BCUT2D eigenvalue weighted by Gasteiger charge is -2.25. The van der Waals surface area contributed by atoms with E-state index in [0.717, 1.165) is 12.5 Å². The highest BCUT2D eigenvalue weighted by molar-refractivity contribution is 7.90. The summed E-state index contributed by atoms with van der Waals surface area (Å²) in [5.74, 6) is -0.898. The van der Waals surface area contributed by atoms with Crippen LogP contribution in [0.2, 0.25) is 12.6 Å². The standard InChI is InChI=1S/C12H24O6SSi/c1-5-15-20(4,16-6-2)10-8-7-9-12(14)18-19-17-11(3)13/h5-10H2,1-4H3. The molecule has 0 fully saturated rings. The zero-order valence-electron chi connectivity index (χ0n) is 12.6. The van der Waals surface area contributed by atoms with Crippen LogP contribution in [0.4, 0.5) is 0 Å². The van der Waals surface area contributed by atoms with Crippen LogP contribution in [0.1, 0.15) is 40.0 Å². The van der Waals surface area contributed by atoms with Gasteiger partial charge in [-0.15, -0.1) is 0 Å². The summed E-state index contributed by atoms with van der Waals surface area (Å²) < 4.78 is 20.5. The van der Waals surface area contributed by atoms with Gasteiger partial charge in [-0.3, -0.25) is 9.59 Å². The van der Waals surface area contributed by atoms with Crippen LogP contribution in [-0.2, 0) is 26.8 Å². The van der Waals surface area contributed by atoms with Crippen LogP contribution in [0, 0.1) is 0 Å². The largest absolute Gasteiger partial charge is 0.395 e. The molecule has 0 saturated heterocycles. The van der Waals surface area contributed by atoms with Crippen molar-refractivity contribution in [1.82, 2.24) is 0 Å². The maximum absolute atomic E-state index is 11.3. The minimum Gasteiger partial charge on any atom is -0.395 e. The highest BCUT2D eigenvalue weighted by Crippen LogP contribution is 2.18. The molecule has 0 aromatic heterocycles.